The average molecular weight is 240 g/mol. The Morgan fingerprint density at radius 3 is 2.39 bits per heavy atom. The zero-order valence-electron chi connectivity index (χ0n) is 10.4. The van der Waals surface area contributed by atoms with Gasteiger partial charge < -0.3 is 5.21 Å². The highest BCUT2D eigenvalue weighted by atomic mass is 16.5. The molecule has 0 spiro atoms. The molecule has 0 saturated carbocycles. The minimum absolute atomic E-state index is 0.545. The van der Waals surface area contributed by atoms with Crippen LogP contribution in [-0.2, 0) is 6.42 Å². The van der Waals surface area contributed by atoms with E-state index in [0.29, 0.717) is 10.5 Å². The normalized spacial score (nSPS) is 11.5. The summed E-state index contributed by atoms with van der Waals surface area (Å²) in [6.07, 6.45) is 1.97. The Bertz CT molecular complexity index is 535. The van der Waals surface area contributed by atoms with E-state index in [0.717, 1.165) is 24.1 Å². The fourth-order valence-corrected chi connectivity index (χ4v) is 1.80. The maximum atomic E-state index is 11.9. The van der Waals surface area contributed by atoms with E-state index in [2.05, 4.69) is 12.0 Å². The van der Waals surface area contributed by atoms with Crippen molar-refractivity contribution in [1.82, 2.24) is 0 Å². The molecule has 0 aromatic heterocycles. The zero-order valence-corrected chi connectivity index (χ0v) is 10.4. The highest BCUT2D eigenvalue weighted by Gasteiger charge is 2.06. The van der Waals surface area contributed by atoms with E-state index in [4.69, 9.17) is 0 Å². The van der Waals surface area contributed by atoms with Crippen LogP contribution in [0.4, 0.5) is 11.4 Å². The molecule has 2 rings (SSSR count). The molecule has 0 unspecified atom stereocenters. The van der Waals surface area contributed by atoms with E-state index in [1.54, 1.807) is 12.1 Å². The molecule has 92 valence electrons. The van der Waals surface area contributed by atoms with Crippen molar-refractivity contribution in [3.05, 3.63) is 65.4 Å². The molecule has 0 N–H and O–H groups in total. The Morgan fingerprint density at radius 2 is 1.67 bits per heavy atom. The maximum absolute atomic E-state index is 11.9. The van der Waals surface area contributed by atoms with Crippen LogP contribution >= 0.6 is 0 Å². The average Bonchev–Trinajstić information content (AvgIpc) is 2.42. The number of para-hydroxylation sites is 1. The van der Waals surface area contributed by atoms with Gasteiger partial charge >= 0.3 is 0 Å². The number of azo groups is 1. The van der Waals surface area contributed by atoms with Crippen molar-refractivity contribution in [3.8, 4) is 0 Å². The predicted molar refractivity (Wildman–Crippen MR) is 72.3 cm³/mol. The van der Waals surface area contributed by atoms with Crippen molar-refractivity contribution in [3.63, 3.8) is 0 Å². The molecule has 2 aromatic rings. The molecule has 0 aliphatic carbocycles. The summed E-state index contributed by atoms with van der Waals surface area (Å²) in [5.74, 6) is 0. The predicted octanol–water partition coefficient (Wildman–Crippen LogP) is 4.56. The second-order valence-electron chi connectivity index (χ2n) is 4.09. The SMILES string of the molecule is CCCc1ccccc1N=[N+]([O-])c1ccccc1. The van der Waals surface area contributed by atoms with Crippen LogP contribution < -0.4 is 0 Å². The van der Waals surface area contributed by atoms with Gasteiger partial charge in [-0.25, -0.2) is 0 Å². The third-order valence-corrected chi connectivity index (χ3v) is 2.69. The molecule has 3 heteroatoms. The van der Waals surface area contributed by atoms with E-state index in [1.165, 1.54) is 0 Å². The largest absolute Gasteiger partial charge is 0.594 e. The molecule has 0 saturated heterocycles. The molecule has 0 heterocycles. The van der Waals surface area contributed by atoms with E-state index in [-0.39, 0.29) is 0 Å². The first-order valence-electron chi connectivity index (χ1n) is 6.13. The summed E-state index contributed by atoms with van der Waals surface area (Å²) in [7, 11) is 0. The van der Waals surface area contributed by atoms with Gasteiger partial charge in [0.2, 0.25) is 5.69 Å². The standard InChI is InChI=1S/C15H16N2O/c1-2-8-13-9-6-7-12-15(13)16-17(18)14-10-4-3-5-11-14/h3-7,9-12H,2,8H2,1H3. The number of nitrogens with zero attached hydrogens (tertiary/aromatic N) is 2. The molecule has 2 aromatic carbocycles. The van der Waals surface area contributed by atoms with Crippen LogP contribution in [0.2, 0.25) is 0 Å². The van der Waals surface area contributed by atoms with Gasteiger partial charge in [0.15, 0.2) is 0 Å². The Balaban J connectivity index is 2.33. The maximum Gasteiger partial charge on any atom is 0.244 e. The number of rotatable bonds is 4. The molecule has 3 nitrogen and oxygen atoms in total. The lowest BCUT2D eigenvalue weighted by Gasteiger charge is -2.03. The fraction of sp³-hybridized carbons (Fsp3) is 0.200. The van der Waals surface area contributed by atoms with Gasteiger partial charge in [-0.1, -0.05) is 54.6 Å². The number of hydrogen-bond donors (Lipinski definition) is 0. The minimum atomic E-state index is 0.545. The van der Waals surface area contributed by atoms with Crippen molar-refractivity contribution >= 4 is 11.4 Å². The Hall–Kier alpha value is -2.16. The third kappa shape index (κ3) is 2.94. The van der Waals surface area contributed by atoms with Gasteiger partial charge in [0, 0.05) is 17.2 Å². The fourth-order valence-electron chi connectivity index (χ4n) is 1.80. The van der Waals surface area contributed by atoms with Crippen molar-refractivity contribution in [1.29, 1.82) is 0 Å². The summed E-state index contributed by atoms with van der Waals surface area (Å²) in [6, 6.07) is 16.8. The van der Waals surface area contributed by atoms with Gasteiger partial charge in [-0.3, -0.25) is 0 Å². The van der Waals surface area contributed by atoms with Crippen LogP contribution in [-0.4, -0.2) is 4.86 Å². The van der Waals surface area contributed by atoms with Crippen LogP contribution in [0, 0.1) is 5.21 Å². The van der Waals surface area contributed by atoms with Gasteiger partial charge in [-0.05, 0) is 18.1 Å². The lowest BCUT2D eigenvalue weighted by atomic mass is 10.1. The summed E-state index contributed by atoms with van der Waals surface area (Å²) in [4.78, 5) is 0.675. The molecule has 0 aliphatic rings. The second kappa shape index (κ2) is 5.96. The van der Waals surface area contributed by atoms with Crippen LogP contribution in [0.25, 0.3) is 0 Å². The van der Waals surface area contributed by atoms with Crippen molar-refractivity contribution in [2.45, 2.75) is 19.8 Å². The second-order valence-corrected chi connectivity index (χ2v) is 4.09. The van der Waals surface area contributed by atoms with Gasteiger partial charge in [0.05, 0.1) is 0 Å². The minimum Gasteiger partial charge on any atom is -0.594 e. The summed E-state index contributed by atoms with van der Waals surface area (Å²) < 4.78 is 0. The van der Waals surface area contributed by atoms with Crippen molar-refractivity contribution < 1.29 is 4.86 Å². The Morgan fingerprint density at radius 1 is 1.00 bits per heavy atom. The van der Waals surface area contributed by atoms with Crippen LogP contribution in [0.1, 0.15) is 18.9 Å². The molecule has 0 amide bonds. The van der Waals surface area contributed by atoms with E-state index in [9.17, 15) is 5.21 Å². The monoisotopic (exact) mass is 240 g/mol. The zero-order chi connectivity index (χ0) is 12.8. The highest BCUT2D eigenvalue weighted by Crippen LogP contribution is 2.22. The molecule has 0 radical (unpaired) electrons. The summed E-state index contributed by atoms with van der Waals surface area (Å²) >= 11 is 0. The summed E-state index contributed by atoms with van der Waals surface area (Å²) in [5, 5.41) is 16.0. The molecule has 0 fully saturated rings. The van der Waals surface area contributed by atoms with Crippen molar-refractivity contribution in [2.75, 3.05) is 0 Å². The number of hydrogen-bond acceptors (Lipinski definition) is 2. The highest BCUT2D eigenvalue weighted by molar-refractivity contribution is 5.45. The molecular weight excluding hydrogens is 224 g/mol. The van der Waals surface area contributed by atoms with Gasteiger partial charge in [0.1, 0.15) is 5.69 Å². The summed E-state index contributed by atoms with van der Waals surface area (Å²) in [6.45, 7) is 2.11. The number of benzene rings is 2. The molecule has 0 aliphatic heterocycles. The molecule has 0 bridgehead atoms. The van der Waals surface area contributed by atoms with Crippen LogP contribution in [0.3, 0.4) is 0 Å². The first kappa shape index (κ1) is 12.3. The van der Waals surface area contributed by atoms with E-state index >= 15 is 0 Å². The Labute approximate surface area is 107 Å². The third-order valence-electron chi connectivity index (χ3n) is 2.69. The lowest BCUT2D eigenvalue weighted by molar-refractivity contribution is -0.435. The van der Waals surface area contributed by atoms with E-state index in [1.807, 2.05) is 42.5 Å². The topological polar surface area (TPSA) is 38.4 Å². The van der Waals surface area contributed by atoms with Gasteiger partial charge in [-0.2, -0.15) is 0 Å². The first-order chi connectivity index (χ1) is 8.81. The molecule has 0 atom stereocenters. The van der Waals surface area contributed by atoms with E-state index < -0.39 is 0 Å². The first-order valence-corrected chi connectivity index (χ1v) is 6.13. The van der Waals surface area contributed by atoms with Crippen LogP contribution in [0.5, 0.6) is 0 Å². The number of aryl methyl sites for hydroxylation is 1. The smallest absolute Gasteiger partial charge is 0.244 e. The molecular formula is C15H16N2O. The van der Waals surface area contributed by atoms with Crippen molar-refractivity contribution in [2.24, 2.45) is 5.11 Å². The van der Waals surface area contributed by atoms with Crippen LogP contribution in [0.15, 0.2) is 59.7 Å². The molecule has 18 heavy (non-hydrogen) atoms. The quantitative estimate of drug-likeness (QED) is 0.438. The van der Waals surface area contributed by atoms with Gasteiger partial charge in [-0.15, -0.1) is 0 Å². The van der Waals surface area contributed by atoms with Gasteiger partial charge in [0.25, 0.3) is 0 Å². The lowest BCUT2D eigenvalue weighted by Crippen LogP contribution is -1.91. The summed E-state index contributed by atoms with van der Waals surface area (Å²) in [5.41, 5.74) is 2.40. The Kier molecular flexibility index (Phi) is 4.07.